The SMILES string of the molecule is Cc1cc(C)n(CC(=O)N[C@H]2CC(=O)Nc3ccccc32)c(=O)n1. The smallest absolute Gasteiger partial charge is 0.347 e. The minimum atomic E-state index is -0.454. The molecule has 1 aromatic heterocycles. The van der Waals surface area contributed by atoms with Crippen molar-refractivity contribution in [3.05, 3.63) is 57.8 Å². The molecule has 2 aromatic rings. The van der Waals surface area contributed by atoms with Crippen LogP contribution in [0, 0.1) is 13.8 Å². The Balaban J connectivity index is 1.79. The Bertz CT molecular complexity index is 872. The molecule has 1 aliphatic rings. The molecule has 1 atom stereocenters. The van der Waals surface area contributed by atoms with E-state index in [0.717, 1.165) is 5.56 Å². The summed E-state index contributed by atoms with van der Waals surface area (Å²) in [5.74, 6) is -0.482. The van der Waals surface area contributed by atoms with Gasteiger partial charge in [-0.25, -0.2) is 4.79 Å². The van der Waals surface area contributed by atoms with E-state index in [2.05, 4.69) is 15.6 Å². The maximum absolute atomic E-state index is 12.4. The second-order valence-electron chi connectivity index (χ2n) is 5.87. The fourth-order valence-electron chi connectivity index (χ4n) is 2.89. The number of amides is 2. The Morgan fingerprint density at radius 1 is 1.33 bits per heavy atom. The lowest BCUT2D eigenvalue weighted by molar-refractivity contribution is -0.123. The number of para-hydroxylation sites is 1. The summed E-state index contributed by atoms with van der Waals surface area (Å²) < 4.78 is 1.32. The molecule has 0 spiro atoms. The molecule has 7 heteroatoms. The monoisotopic (exact) mass is 326 g/mol. The Kier molecular flexibility index (Phi) is 4.16. The summed E-state index contributed by atoms with van der Waals surface area (Å²) in [6.45, 7) is 3.36. The van der Waals surface area contributed by atoms with Crippen LogP contribution in [-0.4, -0.2) is 21.4 Å². The maximum atomic E-state index is 12.4. The van der Waals surface area contributed by atoms with Gasteiger partial charge in [0.2, 0.25) is 11.8 Å². The van der Waals surface area contributed by atoms with E-state index < -0.39 is 11.7 Å². The molecule has 24 heavy (non-hydrogen) atoms. The lowest BCUT2D eigenvalue weighted by Gasteiger charge is -2.26. The lowest BCUT2D eigenvalue weighted by Crippen LogP contribution is -2.39. The Labute approximate surface area is 138 Å². The molecule has 1 aromatic carbocycles. The van der Waals surface area contributed by atoms with Gasteiger partial charge in [-0.2, -0.15) is 4.98 Å². The molecule has 124 valence electrons. The van der Waals surface area contributed by atoms with Crippen LogP contribution in [0.5, 0.6) is 0 Å². The summed E-state index contributed by atoms with van der Waals surface area (Å²) in [6, 6.07) is 8.68. The highest BCUT2D eigenvalue weighted by Crippen LogP contribution is 2.29. The average Bonchev–Trinajstić information content (AvgIpc) is 2.50. The topological polar surface area (TPSA) is 93.1 Å². The van der Waals surface area contributed by atoms with E-state index >= 15 is 0 Å². The number of anilines is 1. The zero-order valence-electron chi connectivity index (χ0n) is 13.5. The third-order valence-corrected chi connectivity index (χ3v) is 3.98. The predicted molar refractivity (Wildman–Crippen MR) is 88.5 cm³/mol. The number of nitrogens with one attached hydrogen (secondary N) is 2. The van der Waals surface area contributed by atoms with E-state index in [1.165, 1.54) is 4.57 Å². The first kappa shape index (κ1) is 15.9. The highest BCUT2D eigenvalue weighted by atomic mass is 16.2. The first-order chi connectivity index (χ1) is 11.4. The van der Waals surface area contributed by atoms with Gasteiger partial charge in [0.1, 0.15) is 6.54 Å². The van der Waals surface area contributed by atoms with Gasteiger partial charge in [-0.15, -0.1) is 0 Å². The molecule has 0 saturated heterocycles. The van der Waals surface area contributed by atoms with Gasteiger partial charge in [-0.1, -0.05) is 18.2 Å². The van der Waals surface area contributed by atoms with Gasteiger partial charge in [0, 0.05) is 17.1 Å². The van der Waals surface area contributed by atoms with E-state index in [9.17, 15) is 14.4 Å². The molecule has 1 aliphatic heterocycles. The van der Waals surface area contributed by atoms with Crippen LogP contribution in [-0.2, 0) is 16.1 Å². The maximum Gasteiger partial charge on any atom is 0.348 e. The summed E-state index contributed by atoms with van der Waals surface area (Å²) in [7, 11) is 0. The fourth-order valence-corrected chi connectivity index (χ4v) is 2.89. The van der Waals surface area contributed by atoms with Gasteiger partial charge < -0.3 is 10.6 Å². The number of benzene rings is 1. The van der Waals surface area contributed by atoms with E-state index in [4.69, 9.17) is 0 Å². The molecule has 0 saturated carbocycles. The number of carbonyl (C=O) groups excluding carboxylic acids is 2. The van der Waals surface area contributed by atoms with Crippen LogP contribution in [0.15, 0.2) is 35.1 Å². The van der Waals surface area contributed by atoms with Gasteiger partial charge in [0.15, 0.2) is 0 Å². The molecule has 7 nitrogen and oxygen atoms in total. The summed E-state index contributed by atoms with van der Waals surface area (Å²) in [5.41, 5.74) is 2.39. The van der Waals surface area contributed by atoms with Crippen LogP contribution in [0.25, 0.3) is 0 Å². The van der Waals surface area contributed by atoms with Crippen molar-refractivity contribution in [3.8, 4) is 0 Å². The van der Waals surface area contributed by atoms with Crippen LogP contribution in [0.1, 0.15) is 29.4 Å². The van der Waals surface area contributed by atoms with Crippen molar-refractivity contribution in [2.24, 2.45) is 0 Å². The number of nitrogens with zero attached hydrogens (tertiary/aromatic N) is 2. The number of rotatable bonds is 3. The Morgan fingerprint density at radius 2 is 2.08 bits per heavy atom. The number of aromatic nitrogens is 2. The van der Waals surface area contributed by atoms with E-state index in [-0.39, 0.29) is 24.8 Å². The predicted octanol–water partition coefficient (Wildman–Crippen LogP) is 1.06. The van der Waals surface area contributed by atoms with Crippen molar-refractivity contribution in [1.82, 2.24) is 14.9 Å². The first-order valence-electron chi connectivity index (χ1n) is 7.67. The molecule has 0 bridgehead atoms. The van der Waals surface area contributed by atoms with E-state index in [1.807, 2.05) is 18.2 Å². The molecule has 0 aliphatic carbocycles. The number of fused-ring (bicyclic) bond motifs is 1. The zero-order chi connectivity index (χ0) is 17.3. The van der Waals surface area contributed by atoms with Crippen molar-refractivity contribution in [1.29, 1.82) is 0 Å². The van der Waals surface area contributed by atoms with Crippen molar-refractivity contribution >= 4 is 17.5 Å². The van der Waals surface area contributed by atoms with Crippen LogP contribution >= 0.6 is 0 Å². The second-order valence-corrected chi connectivity index (χ2v) is 5.87. The minimum Gasteiger partial charge on any atom is -0.347 e. The summed E-state index contributed by atoms with van der Waals surface area (Å²) in [4.78, 5) is 39.9. The molecule has 2 heterocycles. The Hall–Kier alpha value is -2.96. The van der Waals surface area contributed by atoms with Crippen molar-refractivity contribution in [2.45, 2.75) is 32.9 Å². The van der Waals surface area contributed by atoms with Crippen LogP contribution < -0.4 is 16.3 Å². The summed E-state index contributed by atoms with van der Waals surface area (Å²) in [6.07, 6.45) is 0.169. The third-order valence-electron chi connectivity index (χ3n) is 3.98. The standard InChI is InChI=1S/C17H18N4O3/c1-10-7-11(2)21(17(24)18-10)9-16(23)20-14-8-15(22)19-13-6-4-3-5-12(13)14/h3-7,14H,8-9H2,1-2H3,(H,19,22)(H,20,23)/t14-/m0/s1. The third kappa shape index (κ3) is 3.19. The van der Waals surface area contributed by atoms with Crippen LogP contribution in [0.2, 0.25) is 0 Å². The second kappa shape index (κ2) is 6.27. The molecular weight excluding hydrogens is 308 g/mol. The highest BCUT2D eigenvalue weighted by Gasteiger charge is 2.26. The molecule has 0 unspecified atom stereocenters. The van der Waals surface area contributed by atoms with Crippen molar-refractivity contribution in [2.75, 3.05) is 5.32 Å². The molecule has 2 N–H and O–H groups in total. The lowest BCUT2D eigenvalue weighted by atomic mass is 9.97. The molecular formula is C17H18N4O3. The fraction of sp³-hybridized carbons (Fsp3) is 0.294. The Morgan fingerprint density at radius 3 is 2.83 bits per heavy atom. The highest BCUT2D eigenvalue weighted by molar-refractivity contribution is 5.95. The van der Waals surface area contributed by atoms with Crippen LogP contribution in [0.4, 0.5) is 5.69 Å². The zero-order valence-corrected chi connectivity index (χ0v) is 13.5. The molecule has 2 amide bonds. The molecule has 0 fully saturated rings. The van der Waals surface area contributed by atoms with Gasteiger partial charge in [-0.3, -0.25) is 14.2 Å². The van der Waals surface area contributed by atoms with E-state index in [1.54, 1.807) is 26.0 Å². The first-order valence-corrected chi connectivity index (χ1v) is 7.67. The van der Waals surface area contributed by atoms with Gasteiger partial charge >= 0.3 is 5.69 Å². The summed E-state index contributed by atoms with van der Waals surface area (Å²) in [5, 5.41) is 5.62. The average molecular weight is 326 g/mol. The largest absolute Gasteiger partial charge is 0.348 e. The van der Waals surface area contributed by atoms with E-state index in [0.29, 0.717) is 17.1 Å². The van der Waals surface area contributed by atoms with Gasteiger partial charge in [0.05, 0.1) is 12.5 Å². The number of hydrogen-bond donors (Lipinski definition) is 2. The number of carbonyl (C=O) groups is 2. The van der Waals surface area contributed by atoms with Gasteiger partial charge in [0.25, 0.3) is 0 Å². The molecule has 0 radical (unpaired) electrons. The number of hydrogen-bond acceptors (Lipinski definition) is 4. The van der Waals surface area contributed by atoms with Crippen molar-refractivity contribution < 1.29 is 9.59 Å². The van der Waals surface area contributed by atoms with Crippen LogP contribution in [0.3, 0.4) is 0 Å². The quantitative estimate of drug-likeness (QED) is 0.882. The van der Waals surface area contributed by atoms with Crippen molar-refractivity contribution in [3.63, 3.8) is 0 Å². The number of aryl methyl sites for hydroxylation is 2. The van der Waals surface area contributed by atoms with Gasteiger partial charge in [-0.05, 0) is 31.5 Å². The summed E-state index contributed by atoms with van der Waals surface area (Å²) >= 11 is 0. The normalized spacial score (nSPS) is 16.2. The molecule has 3 rings (SSSR count). The minimum absolute atomic E-state index is 0.127.